The molecule has 0 aromatic carbocycles. The van der Waals surface area contributed by atoms with Gasteiger partial charge in [-0.2, -0.15) is 0 Å². The van der Waals surface area contributed by atoms with E-state index >= 15 is 0 Å². The van der Waals surface area contributed by atoms with Gasteiger partial charge in [-0.25, -0.2) is 0 Å². The zero-order valence-electron chi connectivity index (χ0n) is 12.8. The molecule has 0 heterocycles. The fourth-order valence-corrected chi connectivity index (χ4v) is 2.00. The van der Waals surface area contributed by atoms with Crippen molar-refractivity contribution in [2.45, 2.75) is 65.5 Å². The summed E-state index contributed by atoms with van der Waals surface area (Å²) in [6.45, 7) is 10.9. The Morgan fingerprint density at radius 2 is 1.89 bits per heavy atom. The van der Waals surface area contributed by atoms with Crippen LogP contribution in [-0.4, -0.2) is 46.6 Å². The lowest BCUT2D eigenvalue weighted by atomic mass is 10.0. The molecular weight excluding hydrogens is 244 g/mol. The first kappa shape index (κ1) is 17.9. The van der Waals surface area contributed by atoms with Crippen LogP contribution in [0.1, 0.15) is 53.9 Å². The van der Waals surface area contributed by atoms with Crippen LogP contribution >= 0.6 is 0 Å². The summed E-state index contributed by atoms with van der Waals surface area (Å²) in [4.78, 5) is 24.7. The maximum Gasteiger partial charge on any atom is 0.304 e. The van der Waals surface area contributed by atoms with Gasteiger partial charge in [-0.15, -0.1) is 0 Å². The molecule has 1 atom stereocenters. The molecule has 1 unspecified atom stereocenters. The summed E-state index contributed by atoms with van der Waals surface area (Å²) in [5.74, 6) is -0.874. The van der Waals surface area contributed by atoms with E-state index in [1.165, 1.54) is 0 Å². The fourth-order valence-electron chi connectivity index (χ4n) is 2.00. The maximum atomic E-state index is 12.1. The first-order chi connectivity index (χ1) is 8.70. The molecule has 1 amide bonds. The number of aliphatic carboxylic acids is 1. The van der Waals surface area contributed by atoms with E-state index < -0.39 is 5.97 Å². The van der Waals surface area contributed by atoms with E-state index in [9.17, 15) is 9.59 Å². The minimum atomic E-state index is -0.840. The van der Waals surface area contributed by atoms with Crippen molar-refractivity contribution in [3.05, 3.63) is 0 Å². The Bertz CT molecular complexity index is 298. The van der Waals surface area contributed by atoms with Crippen LogP contribution in [0.2, 0.25) is 0 Å². The lowest BCUT2D eigenvalue weighted by Crippen LogP contribution is -2.53. The molecule has 0 aliphatic rings. The summed E-state index contributed by atoms with van der Waals surface area (Å²) in [6.07, 6.45) is 2.05. The zero-order chi connectivity index (χ0) is 15.1. The Labute approximate surface area is 116 Å². The van der Waals surface area contributed by atoms with Gasteiger partial charge in [0.2, 0.25) is 5.91 Å². The van der Waals surface area contributed by atoms with Gasteiger partial charge < -0.3 is 10.4 Å². The van der Waals surface area contributed by atoms with Crippen LogP contribution < -0.4 is 5.32 Å². The molecule has 0 aliphatic carbocycles. The second kappa shape index (κ2) is 8.15. The number of amides is 1. The number of nitrogens with zero attached hydrogens (tertiary/aromatic N) is 1. The molecule has 0 radical (unpaired) electrons. The van der Waals surface area contributed by atoms with Crippen molar-refractivity contribution in [2.75, 3.05) is 13.1 Å². The van der Waals surface area contributed by atoms with E-state index in [-0.39, 0.29) is 23.9 Å². The summed E-state index contributed by atoms with van der Waals surface area (Å²) >= 11 is 0. The molecule has 0 aromatic rings. The van der Waals surface area contributed by atoms with E-state index in [0.717, 1.165) is 12.8 Å². The Balaban J connectivity index is 4.57. The second-order valence-corrected chi connectivity index (χ2v) is 5.83. The molecule has 19 heavy (non-hydrogen) atoms. The summed E-state index contributed by atoms with van der Waals surface area (Å²) < 4.78 is 0. The van der Waals surface area contributed by atoms with Gasteiger partial charge in [-0.3, -0.25) is 14.5 Å². The number of carboxylic acid groups (broad SMARTS) is 1. The van der Waals surface area contributed by atoms with Gasteiger partial charge in [0, 0.05) is 18.6 Å². The van der Waals surface area contributed by atoms with E-state index in [4.69, 9.17) is 5.11 Å². The van der Waals surface area contributed by atoms with E-state index in [0.29, 0.717) is 13.1 Å². The number of unbranched alkanes of at least 4 members (excludes halogenated alkanes) is 1. The third-order valence-corrected chi connectivity index (χ3v) is 3.10. The third-order valence-electron chi connectivity index (χ3n) is 3.10. The molecule has 5 heteroatoms. The van der Waals surface area contributed by atoms with E-state index in [2.05, 4.69) is 12.2 Å². The Kier molecular flexibility index (Phi) is 7.68. The van der Waals surface area contributed by atoms with Crippen molar-refractivity contribution >= 4 is 11.9 Å². The predicted molar refractivity (Wildman–Crippen MR) is 76.1 cm³/mol. The Hall–Kier alpha value is -1.10. The van der Waals surface area contributed by atoms with Crippen LogP contribution in [0, 0.1) is 0 Å². The average Bonchev–Trinajstić information content (AvgIpc) is 2.26. The fraction of sp³-hybridized carbons (Fsp3) is 0.857. The van der Waals surface area contributed by atoms with Crippen LogP contribution in [-0.2, 0) is 9.59 Å². The van der Waals surface area contributed by atoms with Crippen molar-refractivity contribution in [2.24, 2.45) is 0 Å². The largest absolute Gasteiger partial charge is 0.481 e. The highest BCUT2D eigenvalue weighted by Crippen LogP contribution is 2.17. The van der Waals surface area contributed by atoms with Gasteiger partial charge in [0.15, 0.2) is 0 Å². The number of hydrogen-bond donors (Lipinski definition) is 2. The minimum Gasteiger partial charge on any atom is -0.481 e. The lowest BCUT2D eigenvalue weighted by Gasteiger charge is -2.39. The standard InChI is InChI=1S/C14H28N2O3/c1-6-7-9-15-13(19)11(2)16(14(3,4)5)10-8-12(17)18/h11H,6-10H2,1-5H3,(H,15,19)(H,17,18). The molecule has 0 aromatic heterocycles. The quantitative estimate of drug-likeness (QED) is 0.662. The monoisotopic (exact) mass is 272 g/mol. The number of nitrogens with one attached hydrogen (secondary N) is 1. The summed E-state index contributed by atoms with van der Waals surface area (Å²) in [5.41, 5.74) is -0.239. The smallest absolute Gasteiger partial charge is 0.304 e. The lowest BCUT2D eigenvalue weighted by molar-refractivity contribution is -0.139. The highest BCUT2D eigenvalue weighted by atomic mass is 16.4. The normalized spacial score (nSPS) is 13.4. The van der Waals surface area contributed by atoms with Gasteiger partial charge >= 0.3 is 5.97 Å². The summed E-state index contributed by atoms with van der Waals surface area (Å²) in [6, 6.07) is -0.323. The van der Waals surface area contributed by atoms with Gasteiger partial charge in [-0.1, -0.05) is 13.3 Å². The second-order valence-electron chi connectivity index (χ2n) is 5.83. The van der Waals surface area contributed by atoms with Crippen molar-refractivity contribution in [3.63, 3.8) is 0 Å². The molecule has 2 N–H and O–H groups in total. The molecule has 112 valence electrons. The maximum absolute atomic E-state index is 12.1. The van der Waals surface area contributed by atoms with Crippen LogP contribution in [0.25, 0.3) is 0 Å². The van der Waals surface area contributed by atoms with Gasteiger partial charge in [0.05, 0.1) is 12.5 Å². The van der Waals surface area contributed by atoms with E-state index in [1.807, 2.05) is 32.6 Å². The Morgan fingerprint density at radius 1 is 1.32 bits per heavy atom. The summed E-state index contributed by atoms with van der Waals surface area (Å²) in [7, 11) is 0. The summed E-state index contributed by atoms with van der Waals surface area (Å²) in [5, 5.41) is 11.7. The molecule has 0 saturated carbocycles. The van der Waals surface area contributed by atoms with Crippen molar-refractivity contribution in [1.82, 2.24) is 10.2 Å². The zero-order valence-corrected chi connectivity index (χ0v) is 12.8. The molecule has 0 aliphatic heterocycles. The van der Waals surface area contributed by atoms with Crippen LogP contribution in [0.5, 0.6) is 0 Å². The molecule has 0 bridgehead atoms. The van der Waals surface area contributed by atoms with E-state index in [1.54, 1.807) is 0 Å². The third kappa shape index (κ3) is 7.15. The topological polar surface area (TPSA) is 69.6 Å². The molecule has 5 nitrogen and oxygen atoms in total. The van der Waals surface area contributed by atoms with Crippen LogP contribution in [0.15, 0.2) is 0 Å². The molecular formula is C14H28N2O3. The SMILES string of the molecule is CCCCNC(=O)C(C)N(CCC(=O)O)C(C)(C)C. The van der Waals surface area contributed by atoms with Crippen molar-refractivity contribution in [3.8, 4) is 0 Å². The number of carbonyl (C=O) groups excluding carboxylic acids is 1. The first-order valence-corrected chi connectivity index (χ1v) is 6.96. The highest BCUT2D eigenvalue weighted by molar-refractivity contribution is 5.81. The highest BCUT2D eigenvalue weighted by Gasteiger charge is 2.30. The van der Waals surface area contributed by atoms with Crippen LogP contribution in [0.4, 0.5) is 0 Å². The number of rotatable bonds is 8. The average molecular weight is 272 g/mol. The van der Waals surface area contributed by atoms with Gasteiger partial charge in [0.25, 0.3) is 0 Å². The predicted octanol–water partition coefficient (Wildman–Crippen LogP) is 1.87. The Morgan fingerprint density at radius 3 is 2.32 bits per heavy atom. The molecule has 0 spiro atoms. The molecule has 0 saturated heterocycles. The molecule has 0 rings (SSSR count). The number of carbonyl (C=O) groups is 2. The first-order valence-electron chi connectivity index (χ1n) is 6.96. The number of carboxylic acids is 1. The van der Waals surface area contributed by atoms with Crippen molar-refractivity contribution in [1.29, 1.82) is 0 Å². The molecule has 0 fully saturated rings. The van der Waals surface area contributed by atoms with Crippen LogP contribution in [0.3, 0.4) is 0 Å². The van der Waals surface area contributed by atoms with Gasteiger partial charge in [-0.05, 0) is 34.1 Å². The van der Waals surface area contributed by atoms with Gasteiger partial charge in [0.1, 0.15) is 0 Å². The number of hydrogen-bond acceptors (Lipinski definition) is 3. The van der Waals surface area contributed by atoms with Crippen molar-refractivity contribution < 1.29 is 14.7 Å². The minimum absolute atomic E-state index is 0.0336.